The van der Waals surface area contributed by atoms with E-state index in [1.54, 1.807) is 0 Å². The maximum atomic E-state index is 5.75. The van der Waals surface area contributed by atoms with Gasteiger partial charge in [-0.3, -0.25) is 0 Å². The highest BCUT2D eigenvalue weighted by molar-refractivity contribution is 4.84. The third-order valence-corrected chi connectivity index (χ3v) is 4.98. The van der Waals surface area contributed by atoms with E-state index < -0.39 is 0 Å². The summed E-state index contributed by atoms with van der Waals surface area (Å²) in [7, 11) is 2.14. The molecule has 1 aliphatic carbocycles. The summed E-state index contributed by atoms with van der Waals surface area (Å²) in [6.07, 6.45) is 9.93. The molecule has 2 fully saturated rings. The van der Waals surface area contributed by atoms with Crippen LogP contribution in [0.15, 0.2) is 0 Å². The van der Waals surface area contributed by atoms with Gasteiger partial charge in [-0.05, 0) is 69.7 Å². The lowest BCUT2D eigenvalue weighted by Gasteiger charge is -2.36. The van der Waals surface area contributed by atoms with E-state index in [9.17, 15) is 0 Å². The highest BCUT2D eigenvalue weighted by Crippen LogP contribution is 2.36. The second kappa shape index (κ2) is 6.91. The van der Waals surface area contributed by atoms with E-state index in [0.29, 0.717) is 12.1 Å². The summed E-state index contributed by atoms with van der Waals surface area (Å²) >= 11 is 0. The third kappa shape index (κ3) is 3.96. The molecule has 2 aliphatic rings. The number of hydrogen-bond acceptors (Lipinski definition) is 2. The monoisotopic (exact) mass is 253 g/mol. The summed E-state index contributed by atoms with van der Waals surface area (Å²) in [5, 5.41) is 3.58. The Kier molecular flexibility index (Phi) is 5.50. The van der Waals surface area contributed by atoms with Crippen LogP contribution in [0.2, 0.25) is 0 Å². The van der Waals surface area contributed by atoms with Crippen LogP contribution in [0.5, 0.6) is 0 Å². The molecule has 1 N–H and O–H groups in total. The van der Waals surface area contributed by atoms with Gasteiger partial charge in [0, 0.05) is 12.6 Å². The van der Waals surface area contributed by atoms with Crippen LogP contribution in [0.4, 0.5) is 0 Å². The summed E-state index contributed by atoms with van der Waals surface area (Å²) in [4.78, 5) is 0. The van der Waals surface area contributed by atoms with Gasteiger partial charge in [0.15, 0.2) is 0 Å². The first-order chi connectivity index (χ1) is 8.69. The van der Waals surface area contributed by atoms with Crippen molar-refractivity contribution in [3.05, 3.63) is 0 Å². The Bertz CT molecular complexity index is 227. The summed E-state index contributed by atoms with van der Waals surface area (Å²) in [6, 6.07) is 0.708. The van der Waals surface area contributed by atoms with Crippen LogP contribution in [-0.4, -0.2) is 25.8 Å². The fraction of sp³-hybridized carbons (Fsp3) is 1.00. The lowest BCUT2D eigenvalue weighted by Crippen LogP contribution is -2.38. The second-order valence-corrected chi connectivity index (χ2v) is 6.79. The van der Waals surface area contributed by atoms with Crippen molar-refractivity contribution in [2.45, 2.75) is 70.9 Å². The first-order valence-electron chi connectivity index (χ1n) is 7.98. The minimum absolute atomic E-state index is 0.555. The van der Waals surface area contributed by atoms with Gasteiger partial charge in [0.05, 0.1) is 6.10 Å². The summed E-state index contributed by atoms with van der Waals surface area (Å²) in [5.74, 6) is 2.71. The van der Waals surface area contributed by atoms with E-state index >= 15 is 0 Å². The Morgan fingerprint density at radius 3 is 2.44 bits per heavy atom. The van der Waals surface area contributed by atoms with E-state index in [0.717, 1.165) is 24.4 Å². The zero-order valence-corrected chi connectivity index (χ0v) is 12.5. The zero-order chi connectivity index (χ0) is 13.0. The molecule has 106 valence electrons. The maximum Gasteiger partial charge on any atom is 0.0576 e. The van der Waals surface area contributed by atoms with E-state index in [4.69, 9.17) is 4.74 Å². The molecule has 0 amide bonds. The normalized spacial score (nSPS) is 38.8. The minimum Gasteiger partial charge on any atom is -0.378 e. The van der Waals surface area contributed by atoms with Gasteiger partial charge in [0.1, 0.15) is 0 Å². The van der Waals surface area contributed by atoms with Crippen LogP contribution in [0.3, 0.4) is 0 Å². The summed E-state index contributed by atoms with van der Waals surface area (Å²) in [5.41, 5.74) is 0. The van der Waals surface area contributed by atoms with Crippen LogP contribution in [0.25, 0.3) is 0 Å². The van der Waals surface area contributed by atoms with Gasteiger partial charge < -0.3 is 10.1 Å². The van der Waals surface area contributed by atoms with Crippen LogP contribution in [-0.2, 0) is 4.74 Å². The molecule has 1 heterocycles. The van der Waals surface area contributed by atoms with Crippen LogP contribution in [0, 0.1) is 17.8 Å². The SMILES string of the molecule is CNC(CCC1CCCO1)C1CC(C)CC(C)C1. The third-order valence-electron chi connectivity index (χ3n) is 4.98. The number of nitrogens with one attached hydrogen (secondary N) is 1. The van der Waals surface area contributed by atoms with Crippen molar-refractivity contribution in [1.82, 2.24) is 5.32 Å². The van der Waals surface area contributed by atoms with Gasteiger partial charge in [0.25, 0.3) is 0 Å². The predicted octanol–water partition coefficient (Wildman–Crippen LogP) is 3.61. The molecule has 0 radical (unpaired) electrons. The van der Waals surface area contributed by atoms with Gasteiger partial charge in [-0.1, -0.05) is 13.8 Å². The predicted molar refractivity (Wildman–Crippen MR) is 76.7 cm³/mol. The molecule has 18 heavy (non-hydrogen) atoms. The van der Waals surface area contributed by atoms with Crippen LogP contribution < -0.4 is 5.32 Å². The number of rotatable bonds is 5. The molecule has 2 rings (SSSR count). The van der Waals surface area contributed by atoms with E-state index in [1.807, 2.05) is 0 Å². The topological polar surface area (TPSA) is 21.3 Å². The Hall–Kier alpha value is -0.0800. The average Bonchev–Trinajstić information content (AvgIpc) is 2.81. The largest absolute Gasteiger partial charge is 0.378 e. The lowest BCUT2D eigenvalue weighted by atomic mass is 9.73. The van der Waals surface area contributed by atoms with E-state index in [2.05, 4.69) is 26.2 Å². The zero-order valence-electron chi connectivity index (χ0n) is 12.5. The molecular formula is C16H31NO. The molecule has 4 atom stereocenters. The Labute approximate surface area is 113 Å². The molecule has 0 aromatic carbocycles. The standard InChI is InChI=1S/C16H31NO/c1-12-9-13(2)11-14(10-12)16(17-3)7-6-15-5-4-8-18-15/h12-17H,4-11H2,1-3H3. The highest BCUT2D eigenvalue weighted by atomic mass is 16.5. The molecule has 4 unspecified atom stereocenters. The van der Waals surface area contributed by atoms with Crippen molar-refractivity contribution in [2.24, 2.45) is 17.8 Å². The van der Waals surface area contributed by atoms with Crippen molar-refractivity contribution in [3.8, 4) is 0 Å². The van der Waals surface area contributed by atoms with Gasteiger partial charge in [-0.15, -0.1) is 0 Å². The molecule has 1 saturated carbocycles. The summed E-state index contributed by atoms with van der Waals surface area (Å²) < 4.78 is 5.75. The molecule has 0 aromatic heterocycles. The van der Waals surface area contributed by atoms with Gasteiger partial charge in [0.2, 0.25) is 0 Å². The average molecular weight is 253 g/mol. The molecule has 1 saturated heterocycles. The Balaban J connectivity index is 1.79. The second-order valence-electron chi connectivity index (χ2n) is 6.79. The first kappa shape index (κ1) is 14.3. The summed E-state index contributed by atoms with van der Waals surface area (Å²) in [6.45, 7) is 5.84. The lowest BCUT2D eigenvalue weighted by molar-refractivity contribution is 0.0927. The highest BCUT2D eigenvalue weighted by Gasteiger charge is 2.29. The Morgan fingerprint density at radius 1 is 1.17 bits per heavy atom. The Morgan fingerprint density at radius 2 is 1.89 bits per heavy atom. The maximum absolute atomic E-state index is 5.75. The van der Waals surface area contributed by atoms with Crippen molar-refractivity contribution in [2.75, 3.05) is 13.7 Å². The fourth-order valence-corrected chi connectivity index (χ4v) is 4.19. The van der Waals surface area contributed by atoms with Crippen molar-refractivity contribution >= 4 is 0 Å². The van der Waals surface area contributed by atoms with E-state index in [-0.39, 0.29) is 0 Å². The van der Waals surface area contributed by atoms with Crippen molar-refractivity contribution < 1.29 is 4.74 Å². The van der Waals surface area contributed by atoms with Gasteiger partial charge in [-0.25, -0.2) is 0 Å². The van der Waals surface area contributed by atoms with Gasteiger partial charge >= 0.3 is 0 Å². The fourth-order valence-electron chi connectivity index (χ4n) is 4.19. The molecule has 2 nitrogen and oxygen atoms in total. The molecule has 1 aliphatic heterocycles. The minimum atomic E-state index is 0.555. The van der Waals surface area contributed by atoms with Gasteiger partial charge in [-0.2, -0.15) is 0 Å². The molecule has 2 heteroatoms. The van der Waals surface area contributed by atoms with Crippen LogP contribution in [0.1, 0.15) is 58.8 Å². The van der Waals surface area contributed by atoms with E-state index in [1.165, 1.54) is 44.9 Å². The molecular weight excluding hydrogens is 222 g/mol. The molecule has 0 bridgehead atoms. The van der Waals surface area contributed by atoms with Crippen LogP contribution >= 0.6 is 0 Å². The number of ether oxygens (including phenoxy) is 1. The molecule has 0 spiro atoms. The first-order valence-corrected chi connectivity index (χ1v) is 7.98. The quantitative estimate of drug-likeness (QED) is 0.808. The number of hydrogen-bond donors (Lipinski definition) is 1. The van der Waals surface area contributed by atoms with Crippen molar-refractivity contribution in [1.29, 1.82) is 0 Å². The van der Waals surface area contributed by atoms with Crippen molar-refractivity contribution in [3.63, 3.8) is 0 Å². The molecule has 0 aromatic rings. The smallest absolute Gasteiger partial charge is 0.0576 e.